The van der Waals surface area contributed by atoms with Crippen LogP contribution in [0.15, 0.2) is 0 Å². The fraction of sp³-hybridized carbons (Fsp3) is 1.00. The second-order valence-electron chi connectivity index (χ2n) is 2.33. The highest BCUT2D eigenvalue weighted by atomic mass is 15.2. The van der Waals surface area contributed by atoms with Gasteiger partial charge in [-0.1, -0.05) is 13.8 Å². The molecule has 2 nitrogen and oxygen atoms in total. The number of hydrogen-bond acceptors (Lipinski definition) is 2. The van der Waals surface area contributed by atoms with E-state index in [9.17, 15) is 0 Å². The van der Waals surface area contributed by atoms with E-state index in [0.717, 1.165) is 19.8 Å². The topological polar surface area (TPSA) is 15.3 Å². The fourth-order valence-electron chi connectivity index (χ4n) is 0.558. The Morgan fingerprint density at radius 2 is 2.00 bits per heavy atom. The quantitative estimate of drug-likeness (QED) is 0.439. The number of nitrogens with zero attached hydrogens (tertiary/aromatic N) is 1. The minimum atomic E-state index is 1.02. The summed E-state index contributed by atoms with van der Waals surface area (Å²) in [6.45, 7) is 7.61. The lowest BCUT2D eigenvalue weighted by molar-refractivity contribution is 0.323. The second kappa shape index (κ2) is 6.05. The first-order chi connectivity index (χ1) is 4.31. The molecule has 0 bridgehead atoms. The predicted octanol–water partition coefficient (Wildman–Crippen LogP) is 0.895. The predicted molar refractivity (Wildman–Crippen MR) is 41.5 cm³/mol. The highest BCUT2D eigenvalue weighted by molar-refractivity contribution is 4.44. The molecule has 56 valence electrons. The Morgan fingerprint density at radius 3 is 2.44 bits per heavy atom. The molecule has 0 aliphatic rings. The molecule has 0 aromatic rings. The third kappa shape index (κ3) is 5.80. The first-order valence-electron chi connectivity index (χ1n) is 3.70. The van der Waals surface area contributed by atoms with Gasteiger partial charge in [-0.2, -0.15) is 0 Å². The van der Waals surface area contributed by atoms with Gasteiger partial charge in [-0.25, -0.2) is 0 Å². The zero-order valence-corrected chi connectivity index (χ0v) is 6.78. The Kier molecular flexibility index (Phi) is 5.99. The molecule has 0 fully saturated rings. The summed E-state index contributed by atoms with van der Waals surface area (Å²) in [6.07, 6.45) is 1.22. The molecule has 0 aromatic heterocycles. The van der Waals surface area contributed by atoms with Gasteiger partial charge in [0.15, 0.2) is 0 Å². The molecule has 0 saturated heterocycles. The van der Waals surface area contributed by atoms with Crippen LogP contribution in [0, 0.1) is 0 Å². The molecule has 0 atom stereocenters. The SMILES string of the molecule is CCCNCN(C)CC. The summed E-state index contributed by atoms with van der Waals surface area (Å²) in [7, 11) is 2.11. The Labute approximate surface area is 58.2 Å². The van der Waals surface area contributed by atoms with Crippen molar-refractivity contribution >= 4 is 0 Å². The van der Waals surface area contributed by atoms with E-state index in [4.69, 9.17) is 0 Å². The average Bonchev–Trinajstić information content (AvgIpc) is 1.89. The summed E-state index contributed by atoms with van der Waals surface area (Å²) < 4.78 is 0. The molecule has 0 spiro atoms. The summed E-state index contributed by atoms with van der Waals surface area (Å²) in [5, 5.41) is 3.31. The van der Waals surface area contributed by atoms with Crippen molar-refractivity contribution < 1.29 is 0 Å². The maximum Gasteiger partial charge on any atom is 0.0477 e. The summed E-state index contributed by atoms with van der Waals surface area (Å²) in [5.41, 5.74) is 0. The van der Waals surface area contributed by atoms with Crippen LogP contribution in [0.25, 0.3) is 0 Å². The van der Waals surface area contributed by atoms with Gasteiger partial charge in [0.1, 0.15) is 0 Å². The van der Waals surface area contributed by atoms with Gasteiger partial charge >= 0.3 is 0 Å². The number of hydrogen-bond donors (Lipinski definition) is 1. The van der Waals surface area contributed by atoms with Crippen LogP contribution in [-0.2, 0) is 0 Å². The molecule has 2 heteroatoms. The number of nitrogens with one attached hydrogen (secondary N) is 1. The Balaban J connectivity index is 2.88. The zero-order valence-electron chi connectivity index (χ0n) is 6.78. The highest BCUT2D eigenvalue weighted by Gasteiger charge is 1.89. The van der Waals surface area contributed by atoms with Gasteiger partial charge in [0.05, 0.1) is 0 Å². The van der Waals surface area contributed by atoms with Gasteiger partial charge in [-0.3, -0.25) is 4.90 Å². The molecule has 1 N–H and O–H groups in total. The van der Waals surface area contributed by atoms with Crippen molar-refractivity contribution in [3.8, 4) is 0 Å². The summed E-state index contributed by atoms with van der Waals surface area (Å²) in [6, 6.07) is 0. The van der Waals surface area contributed by atoms with Gasteiger partial charge in [-0.15, -0.1) is 0 Å². The highest BCUT2D eigenvalue weighted by Crippen LogP contribution is 1.76. The van der Waals surface area contributed by atoms with E-state index in [1.165, 1.54) is 6.42 Å². The molecule has 0 unspecified atom stereocenters. The lowest BCUT2D eigenvalue weighted by Gasteiger charge is -2.13. The monoisotopic (exact) mass is 130 g/mol. The summed E-state index contributed by atoms with van der Waals surface area (Å²) in [4.78, 5) is 2.25. The first kappa shape index (κ1) is 8.92. The Hall–Kier alpha value is -0.0800. The summed E-state index contributed by atoms with van der Waals surface area (Å²) in [5.74, 6) is 0. The maximum absolute atomic E-state index is 3.31. The van der Waals surface area contributed by atoms with Gasteiger partial charge in [0, 0.05) is 6.67 Å². The van der Waals surface area contributed by atoms with E-state index in [2.05, 4.69) is 31.1 Å². The van der Waals surface area contributed by atoms with Crippen LogP contribution >= 0.6 is 0 Å². The van der Waals surface area contributed by atoms with Crippen LogP contribution in [0.3, 0.4) is 0 Å². The van der Waals surface area contributed by atoms with Crippen molar-refractivity contribution in [1.82, 2.24) is 10.2 Å². The molecule has 0 saturated carbocycles. The van der Waals surface area contributed by atoms with Crippen molar-refractivity contribution in [1.29, 1.82) is 0 Å². The molecule has 0 heterocycles. The molecule has 0 aliphatic carbocycles. The maximum atomic E-state index is 3.31. The Bertz CT molecular complexity index is 54.9. The van der Waals surface area contributed by atoms with Crippen molar-refractivity contribution in [3.05, 3.63) is 0 Å². The van der Waals surface area contributed by atoms with Crippen LogP contribution in [0.4, 0.5) is 0 Å². The van der Waals surface area contributed by atoms with Crippen molar-refractivity contribution in [3.63, 3.8) is 0 Å². The molecule has 0 aromatic carbocycles. The molecular formula is C7H18N2. The van der Waals surface area contributed by atoms with E-state index >= 15 is 0 Å². The van der Waals surface area contributed by atoms with E-state index in [0.29, 0.717) is 0 Å². The Morgan fingerprint density at radius 1 is 1.33 bits per heavy atom. The van der Waals surface area contributed by atoms with Gasteiger partial charge in [0.2, 0.25) is 0 Å². The minimum absolute atomic E-state index is 1.02. The first-order valence-corrected chi connectivity index (χ1v) is 3.70. The van der Waals surface area contributed by atoms with E-state index in [1.54, 1.807) is 0 Å². The van der Waals surface area contributed by atoms with E-state index in [-0.39, 0.29) is 0 Å². The molecular weight excluding hydrogens is 112 g/mol. The standard InChI is InChI=1S/C7H18N2/c1-4-6-8-7-9(3)5-2/h8H,4-7H2,1-3H3. The minimum Gasteiger partial charge on any atom is -0.304 e. The summed E-state index contributed by atoms with van der Waals surface area (Å²) >= 11 is 0. The smallest absolute Gasteiger partial charge is 0.0477 e. The normalized spacial score (nSPS) is 10.7. The third-order valence-electron chi connectivity index (χ3n) is 1.35. The second-order valence-corrected chi connectivity index (χ2v) is 2.33. The van der Waals surface area contributed by atoms with Crippen molar-refractivity contribution in [2.45, 2.75) is 20.3 Å². The van der Waals surface area contributed by atoms with Gasteiger partial charge in [-0.05, 0) is 26.6 Å². The lowest BCUT2D eigenvalue weighted by atomic mass is 10.5. The van der Waals surface area contributed by atoms with Crippen LogP contribution in [0.5, 0.6) is 0 Å². The van der Waals surface area contributed by atoms with E-state index in [1.807, 2.05) is 0 Å². The van der Waals surface area contributed by atoms with Crippen LogP contribution in [0.2, 0.25) is 0 Å². The van der Waals surface area contributed by atoms with Crippen molar-refractivity contribution in [2.75, 3.05) is 26.8 Å². The molecule has 0 radical (unpaired) electrons. The fourth-order valence-corrected chi connectivity index (χ4v) is 0.558. The molecule has 0 aliphatic heterocycles. The molecule has 0 amide bonds. The van der Waals surface area contributed by atoms with Gasteiger partial charge in [0.25, 0.3) is 0 Å². The third-order valence-corrected chi connectivity index (χ3v) is 1.35. The van der Waals surface area contributed by atoms with E-state index < -0.39 is 0 Å². The van der Waals surface area contributed by atoms with Crippen LogP contribution in [0.1, 0.15) is 20.3 Å². The lowest BCUT2D eigenvalue weighted by Crippen LogP contribution is -2.31. The van der Waals surface area contributed by atoms with Crippen LogP contribution < -0.4 is 5.32 Å². The zero-order chi connectivity index (χ0) is 7.11. The largest absolute Gasteiger partial charge is 0.304 e. The van der Waals surface area contributed by atoms with Gasteiger partial charge < -0.3 is 5.32 Å². The average molecular weight is 130 g/mol. The van der Waals surface area contributed by atoms with Crippen molar-refractivity contribution in [2.24, 2.45) is 0 Å². The number of rotatable bonds is 5. The van der Waals surface area contributed by atoms with Crippen LogP contribution in [-0.4, -0.2) is 31.7 Å². The molecule has 9 heavy (non-hydrogen) atoms. The molecule has 0 rings (SSSR count).